The van der Waals surface area contributed by atoms with Crippen LogP contribution in [-0.4, -0.2) is 12.6 Å². The highest BCUT2D eigenvalue weighted by Crippen LogP contribution is 2.33. The predicted molar refractivity (Wildman–Crippen MR) is 68.4 cm³/mol. The van der Waals surface area contributed by atoms with Crippen LogP contribution < -0.4 is 0 Å². The molecule has 94 valence electrons. The second-order valence-corrected chi connectivity index (χ2v) is 4.86. The van der Waals surface area contributed by atoms with E-state index >= 15 is 0 Å². The molecule has 0 saturated carbocycles. The zero-order valence-corrected chi connectivity index (χ0v) is 11.8. The van der Waals surface area contributed by atoms with Crippen molar-refractivity contribution in [2.75, 3.05) is 6.61 Å². The molecule has 17 heavy (non-hydrogen) atoms. The standard InChI is InChI=1S/C13H16BrFO2/c1-4-13(3,12(16)17-5-2)9-7-6-8-10(14)11(9)15/h6-8H,4-5H2,1-3H3. The molecule has 0 aliphatic carbocycles. The lowest BCUT2D eigenvalue weighted by atomic mass is 9.80. The average Bonchev–Trinajstić information content (AvgIpc) is 2.32. The van der Waals surface area contributed by atoms with E-state index in [9.17, 15) is 9.18 Å². The molecule has 2 nitrogen and oxygen atoms in total. The fraction of sp³-hybridized carbons (Fsp3) is 0.462. The maximum absolute atomic E-state index is 14.0. The Bertz CT molecular complexity index is 420. The van der Waals surface area contributed by atoms with Gasteiger partial charge < -0.3 is 4.74 Å². The Morgan fingerprint density at radius 1 is 1.47 bits per heavy atom. The zero-order valence-electron chi connectivity index (χ0n) is 10.2. The van der Waals surface area contributed by atoms with Gasteiger partial charge in [0.05, 0.1) is 16.5 Å². The molecule has 0 fully saturated rings. The molecule has 1 aromatic rings. The van der Waals surface area contributed by atoms with Crippen molar-refractivity contribution in [1.29, 1.82) is 0 Å². The topological polar surface area (TPSA) is 26.3 Å². The lowest BCUT2D eigenvalue weighted by Gasteiger charge is -2.26. The summed E-state index contributed by atoms with van der Waals surface area (Å²) in [6, 6.07) is 4.95. The summed E-state index contributed by atoms with van der Waals surface area (Å²) in [5.41, 5.74) is -0.572. The molecule has 0 saturated heterocycles. The summed E-state index contributed by atoms with van der Waals surface area (Å²) in [6.07, 6.45) is 0.485. The molecule has 4 heteroatoms. The smallest absolute Gasteiger partial charge is 0.316 e. The fourth-order valence-electron chi connectivity index (χ4n) is 1.67. The fourth-order valence-corrected chi connectivity index (χ4v) is 2.03. The highest BCUT2D eigenvalue weighted by Gasteiger charge is 2.37. The van der Waals surface area contributed by atoms with Crippen molar-refractivity contribution in [2.45, 2.75) is 32.6 Å². The van der Waals surface area contributed by atoms with E-state index in [4.69, 9.17) is 4.74 Å². The number of carbonyl (C=O) groups is 1. The largest absolute Gasteiger partial charge is 0.465 e. The second kappa shape index (κ2) is 5.63. The van der Waals surface area contributed by atoms with E-state index in [2.05, 4.69) is 15.9 Å². The van der Waals surface area contributed by atoms with Crippen LogP contribution in [0, 0.1) is 5.82 Å². The molecule has 0 bridgehead atoms. The van der Waals surface area contributed by atoms with Crippen LogP contribution in [-0.2, 0) is 14.9 Å². The molecule has 0 aromatic heterocycles. The lowest BCUT2D eigenvalue weighted by Crippen LogP contribution is -2.34. The molecule has 0 aliphatic rings. The van der Waals surface area contributed by atoms with E-state index in [1.165, 1.54) is 0 Å². The summed E-state index contributed by atoms with van der Waals surface area (Å²) in [7, 11) is 0. The van der Waals surface area contributed by atoms with Gasteiger partial charge in [0.1, 0.15) is 5.82 Å². The molecule has 1 atom stereocenters. The highest BCUT2D eigenvalue weighted by molar-refractivity contribution is 9.10. The van der Waals surface area contributed by atoms with Crippen molar-refractivity contribution in [3.63, 3.8) is 0 Å². The van der Waals surface area contributed by atoms with E-state index in [1.54, 1.807) is 32.0 Å². The second-order valence-electron chi connectivity index (χ2n) is 4.01. The van der Waals surface area contributed by atoms with Crippen molar-refractivity contribution in [3.05, 3.63) is 34.1 Å². The van der Waals surface area contributed by atoms with Gasteiger partial charge >= 0.3 is 5.97 Å². The van der Waals surface area contributed by atoms with Crippen LogP contribution in [0.4, 0.5) is 4.39 Å². The third-order valence-corrected chi connectivity index (χ3v) is 3.59. The molecular formula is C13H16BrFO2. The van der Waals surface area contributed by atoms with Crippen LogP contribution in [0.3, 0.4) is 0 Å². The van der Waals surface area contributed by atoms with Gasteiger partial charge in [-0.1, -0.05) is 19.1 Å². The molecule has 0 heterocycles. The maximum atomic E-state index is 14.0. The molecule has 1 rings (SSSR count). The van der Waals surface area contributed by atoms with Crippen LogP contribution in [0.2, 0.25) is 0 Å². The van der Waals surface area contributed by atoms with Crippen LogP contribution in [0.15, 0.2) is 22.7 Å². The van der Waals surface area contributed by atoms with Gasteiger partial charge in [0.25, 0.3) is 0 Å². The number of ether oxygens (including phenoxy) is 1. The summed E-state index contributed by atoms with van der Waals surface area (Å²) in [4.78, 5) is 12.0. The molecule has 0 N–H and O–H groups in total. The van der Waals surface area contributed by atoms with E-state index in [0.717, 1.165) is 0 Å². The molecular weight excluding hydrogens is 287 g/mol. The van der Waals surface area contributed by atoms with Gasteiger partial charge in [0.15, 0.2) is 0 Å². The first-order valence-corrected chi connectivity index (χ1v) is 6.38. The molecule has 1 aromatic carbocycles. The quantitative estimate of drug-likeness (QED) is 0.790. The number of halogens is 2. The minimum Gasteiger partial charge on any atom is -0.465 e. The van der Waals surface area contributed by atoms with Gasteiger partial charge in [-0.15, -0.1) is 0 Å². The highest BCUT2D eigenvalue weighted by atomic mass is 79.9. The minimum absolute atomic E-state index is 0.296. The van der Waals surface area contributed by atoms with E-state index in [-0.39, 0.29) is 5.97 Å². The van der Waals surface area contributed by atoms with Gasteiger partial charge in [-0.3, -0.25) is 4.79 Å². The van der Waals surface area contributed by atoms with E-state index < -0.39 is 11.2 Å². The number of carbonyl (C=O) groups excluding carboxylic acids is 1. The number of hydrogen-bond donors (Lipinski definition) is 0. The van der Waals surface area contributed by atoms with Crippen molar-refractivity contribution in [2.24, 2.45) is 0 Å². The molecule has 1 unspecified atom stereocenters. The molecule has 0 aliphatic heterocycles. The van der Waals surface area contributed by atoms with Gasteiger partial charge in [-0.25, -0.2) is 4.39 Å². The number of esters is 1. The molecule has 0 spiro atoms. The molecule has 0 radical (unpaired) electrons. The zero-order chi connectivity index (χ0) is 13.1. The Kier molecular flexibility index (Phi) is 4.69. The number of hydrogen-bond acceptors (Lipinski definition) is 2. The maximum Gasteiger partial charge on any atom is 0.316 e. The summed E-state index contributed by atoms with van der Waals surface area (Å²) in [5.74, 6) is -0.788. The van der Waals surface area contributed by atoms with E-state index in [1.807, 2.05) is 6.92 Å². The first kappa shape index (κ1) is 14.2. The summed E-state index contributed by atoms with van der Waals surface area (Å²) in [5, 5.41) is 0. The van der Waals surface area contributed by atoms with Crippen LogP contribution in [0.1, 0.15) is 32.8 Å². The Hall–Kier alpha value is -0.900. The van der Waals surface area contributed by atoms with Crippen LogP contribution in [0.5, 0.6) is 0 Å². The lowest BCUT2D eigenvalue weighted by molar-refractivity contribution is -0.149. The summed E-state index contributed by atoms with van der Waals surface area (Å²) >= 11 is 3.13. The van der Waals surface area contributed by atoms with Gasteiger partial charge in [-0.2, -0.15) is 0 Å². The first-order valence-electron chi connectivity index (χ1n) is 5.59. The normalized spacial score (nSPS) is 14.2. The Labute approximate surface area is 109 Å². The van der Waals surface area contributed by atoms with Crippen molar-refractivity contribution in [1.82, 2.24) is 0 Å². The van der Waals surface area contributed by atoms with Crippen LogP contribution >= 0.6 is 15.9 Å². The Balaban J connectivity index is 3.25. The van der Waals surface area contributed by atoms with E-state index in [0.29, 0.717) is 23.1 Å². The third-order valence-electron chi connectivity index (χ3n) is 2.98. The van der Waals surface area contributed by atoms with Gasteiger partial charge in [-0.05, 0) is 42.3 Å². The molecule has 0 amide bonds. The third kappa shape index (κ3) is 2.68. The van der Waals surface area contributed by atoms with Gasteiger partial charge in [0.2, 0.25) is 0 Å². The number of rotatable bonds is 4. The predicted octanol–water partition coefficient (Wildman–Crippen LogP) is 3.82. The Morgan fingerprint density at radius 3 is 2.65 bits per heavy atom. The van der Waals surface area contributed by atoms with Crippen LogP contribution in [0.25, 0.3) is 0 Å². The monoisotopic (exact) mass is 302 g/mol. The Morgan fingerprint density at radius 2 is 2.12 bits per heavy atom. The van der Waals surface area contributed by atoms with Crippen molar-refractivity contribution >= 4 is 21.9 Å². The SMILES string of the molecule is CCOC(=O)C(C)(CC)c1cccc(Br)c1F. The van der Waals surface area contributed by atoms with Gasteiger partial charge in [0, 0.05) is 5.56 Å². The average molecular weight is 303 g/mol. The first-order chi connectivity index (χ1) is 7.97. The minimum atomic E-state index is -0.941. The van der Waals surface area contributed by atoms with Crippen molar-refractivity contribution in [3.8, 4) is 0 Å². The summed E-state index contributed by atoms with van der Waals surface area (Å²) in [6.45, 7) is 5.59. The van der Waals surface area contributed by atoms with Crippen molar-refractivity contribution < 1.29 is 13.9 Å². The number of benzene rings is 1. The summed E-state index contributed by atoms with van der Waals surface area (Å²) < 4.78 is 19.4.